The van der Waals surface area contributed by atoms with Gasteiger partial charge in [0, 0.05) is 19.4 Å². The van der Waals surface area contributed by atoms with Crippen molar-refractivity contribution in [1.82, 2.24) is 4.98 Å². The Bertz CT molecular complexity index is 486. The summed E-state index contributed by atoms with van der Waals surface area (Å²) in [5.74, 6) is -0.560. The van der Waals surface area contributed by atoms with Crippen LogP contribution < -0.4 is 4.90 Å². The van der Waals surface area contributed by atoms with Crippen molar-refractivity contribution in [3.63, 3.8) is 0 Å². The fraction of sp³-hybridized carbons (Fsp3) is 0.462. The Morgan fingerprint density at radius 1 is 1.60 bits per heavy atom. The Balaban J connectivity index is 2.48. The number of anilines is 1. The van der Waals surface area contributed by atoms with Gasteiger partial charge in [-0.3, -0.25) is 9.69 Å². The molecule has 1 heterocycles. The van der Waals surface area contributed by atoms with E-state index in [1.54, 1.807) is 25.4 Å². The topological polar surface area (TPSA) is 68.7 Å². The number of amides is 1. The van der Waals surface area contributed by atoms with Crippen molar-refractivity contribution >= 4 is 28.3 Å². The Kier molecular flexibility index (Phi) is 6.33. The van der Waals surface area contributed by atoms with Crippen LogP contribution in [-0.4, -0.2) is 36.6 Å². The van der Waals surface area contributed by atoms with Crippen LogP contribution in [-0.2, 0) is 25.7 Å². The number of thiazole rings is 1. The fourth-order valence-corrected chi connectivity index (χ4v) is 2.01. The second-order valence-electron chi connectivity index (χ2n) is 4.07. The van der Waals surface area contributed by atoms with Crippen LogP contribution in [0, 0.1) is 0 Å². The second-order valence-corrected chi connectivity index (χ2v) is 4.91. The molecule has 6 nitrogen and oxygen atoms in total. The maximum Gasteiger partial charge on any atom is 0.335 e. The van der Waals surface area contributed by atoms with Crippen LogP contribution in [0.4, 0.5) is 5.13 Å². The molecule has 7 heteroatoms. The first kappa shape index (κ1) is 16.3. The van der Waals surface area contributed by atoms with Gasteiger partial charge >= 0.3 is 5.97 Å². The lowest BCUT2D eigenvalue weighted by molar-refractivity contribution is -0.156. The first-order valence-electron chi connectivity index (χ1n) is 6.03. The standard InChI is InChI=1S/C13H18N2O4S/c1-5-6-18-9(2)12(17)19-7-11-8-20-13(14-11)15(4)10(3)16/h5,8-9H,1,6-7H2,2-4H3. The van der Waals surface area contributed by atoms with E-state index in [-0.39, 0.29) is 12.5 Å². The molecular weight excluding hydrogens is 280 g/mol. The molecule has 0 saturated heterocycles. The molecule has 0 aliphatic carbocycles. The summed E-state index contributed by atoms with van der Waals surface area (Å²) in [5, 5.41) is 2.32. The summed E-state index contributed by atoms with van der Waals surface area (Å²) in [6.45, 7) is 6.92. The quantitative estimate of drug-likeness (QED) is 0.567. The van der Waals surface area contributed by atoms with E-state index in [9.17, 15) is 9.59 Å². The zero-order chi connectivity index (χ0) is 15.1. The number of nitrogens with zero attached hydrogens (tertiary/aromatic N) is 2. The summed E-state index contributed by atoms with van der Waals surface area (Å²) >= 11 is 1.32. The number of hydrogen-bond acceptors (Lipinski definition) is 6. The Hall–Kier alpha value is -1.73. The molecule has 110 valence electrons. The van der Waals surface area contributed by atoms with Gasteiger partial charge < -0.3 is 9.47 Å². The molecule has 1 unspecified atom stereocenters. The summed E-state index contributed by atoms with van der Waals surface area (Å²) in [6.07, 6.45) is 0.916. The van der Waals surface area contributed by atoms with Crippen LogP contribution in [0.1, 0.15) is 19.5 Å². The molecule has 0 N–H and O–H groups in total. The predicted molar refractivity (Wildman–Crippen MR) is 76.6 cm³/mol. The van der Waals surface area contributed by atoms with Crippen LogP contribution in [0.25, 0.3) is 0 Å². The molecule has 1 aromatic rings. The molecule has 0 bridgehead atoms. The minimum absolute atomic E-state index is 0.0584. The molecule has 20 heavy (non-hydrogen) atoms. The average molecular weight is 298 g/mol. The molecule has 1 rings (SSSR count). The van der Waals surface area contributed by atoms with Crippen molar-refractivity contribution in [3.8, 4) is 0 Å². The van der Waals surface area contributed by atoms with Crippen LogP contribution in [0.5, 0.6) is 0 Å². The molecular formula is C13H18N2O4S. The van der Waals surface area contributed by atoms with E-state index in [1.165, 1.54) is 23.2 Å². The van der Waals surface area contributed by atoms with Crippen molar-refractivity contribution in [2.24, 2.45) is 0 Å². The molecule has 0 aromatic carbocycles. The van der Waals surface area contributed by atoms with Gasteiger partial charge in [-0.2, -0.15) is 0 Å². The van der Waals surface area contributed by atoms with Crippen LogP contribution in [0.3, 0.4) is 0 Å². The number of carbonyl (C=O) groups excluding carboxylic acids is 2. The van der Waals surface area contributed by atoms with Gasteiger partial charge in [-0.1, -0.05) is 6.08 Å². The van der Waals surface area contributed by atoms with Crippen molar-refractivity contribution in [1.29, 1.82) is 0 Å². The van der Waals surface area contributed by atoms with Gasteiger partial charge in [0.1, 0.15) is 6.61 Å². The zero-order valence-corrected chi connectivity index (χ0v) is 12.6. The first-order chi connectivity index (χ1) is 9.45. The van der Waals surface area contributed by atoms with E-state index in [4.69, 9.17) is 9.47 Å². The van der Waals surface area contributed by atoms with Gasteiger partial charge in [0.05, 0.1) is 12.3 Å². The summed E-state index contributed by atoms with van der Waals surface area (Å²) in [5.41, 5.74) is 0.599. The van der Waals surface area contributed by atoms with Crippen LogP contribution in [0.2, 0.25) is 0 Å². The molecule has 0 spiro atoms. The number of esters is 1. The lowest BCUT2D eigenvalue weighted by atomic mass is 10.4. The third kappa shape index (κ3) is 4.75. The summed E-state index contributed by atoms with van der Waals surface area (Å²) < 4.78 is 10.2. The zero-order valence-electron chi connectivity index (χ0n) is 11.8. The third-order valence-electron chi connectivity index (χ3n) is 2.46. The average Bonchev–Trinajstić information content (AvgIpc) is 2.89. The first-order valence-corrected chi connectivity index (χ1v) is 6.91. The highest BCUT2D eigenvalue weighted by Gasteiger charge is 2.16. The van der Waals surface area contributed by atoms with Gasteiger partial charge in [-0.05, 0) is 6.92 Å². The summed E-state index contributed by atoms with van der Waals surface area (Å²) in [7, 11) is 1.64. The van der Waals surface area contributed by atoms with Crippen molar-refractivity contribution in [2.45, 2.75) is 26.6 Å². The lowest BCUT2D eigenvalue weighted by Gasteiger charge is -2.11. The van der Waals surface area contributed by atoms with E-state index in [0.29, 0.717) is 17.4 Å². The van der Waals surface area contributed by atoms with E-state index in [2.05, 4.69) is 11.6 Å². The number of ether oxygens (including phenoxy) is 2. The molecule has 0 aliphatic heterocycles. The highest BCUT2D eigenvalue weighted by molar-refractivity contribution is 7.14. The molecule has 1 amide bonds. The van der Waals surface area contributed by atoms with Crippen LogP contribution in [0.15, 0.2) is 18.0 Å². The summed E-state index contributed by atoms with van der Waals surface area (Å²) in [4.78, 5) is 28.4. The van der Waals surface area contributed by atoms with Gasteiger partial charge in [0.2, 0.25) is 5.91 Å². The van der Waals surface area contributed by atoms with E-state index in [0.717, 1.165) is 0 Å². The van der Waals surface area contributed by atoms with Crippen molar-refractivity contribution < 1.29 is 19.1 Å². The Labute approximate surface area is 122 Å². The van der Waals surface area contributed by atoms with Gasteiger partial charge in [0.25, 0.3) is 0 Å². The van der Waals surface area contributed by atoms with Crippen molar-refractivity contribution in [2.75, 3.05) is 18.6 Å². The van der Waals surface area contributed by atoms with E-state index >= 15 is 0 Å². The molecule has 0 fully saturated rings. The number of rotatable bonds is 7. The third-order valence-corrected chi connectivity index (χ3v) is 3.42. The molecule has 1 aromatic heterocycles. The maximum atomic E-state index is 11.6. The van der Waals surface area contributed by atoms with Gasteiger partial charge in [-0.25, -0.2) is 9.78 Å². The molecule has 0 radical (unpaired) electrons. The minimum atomic E-state index is -0.647. The maximum absolute atomic E-state index is 11.6. The molecule has 1 atom stereocenters. The largest absolute Gasteiger partial charge is 0.457 e. The highest BCUT2D eigenvalue weighted by Crippen LogP contribution is 2.19. The highest BCUT2D eigenvalue weighted by atomic mass is 32.1. The van der Waals surface area contributed by atoms with Gasteiger partial charge in [-0.15, -0.1) is 17.9 Å². The minimum Gasteiger partial charge on any atom is -0.457 e. The lowest BCUT2D eigenvalue weighted by Crippen LogP contribution is -2.24. The predicted octanol–water partition coefficient (Wildman–Crippen LogP) is 1.76. The van der Waals surface area contributed by atoms with Gasteiger partial charge in [0.15, 0.2) is 11.2 Å². The van der Waals surface area contributed by atoms with Crippen LogP contribution >= 0.6 is 11.3 Å². The fourth-order valence-electron chi connectivity index (χ4n) is 1.19. The Morgan fingerprint density at radius 2 is 2.30 bits per heavy atom. The number of carbonyl (C=O) groups is 2. The monoisotopic (exact) mass is 298 g/mol. The SMILES string of the molecule is C=CCOC(C)C(=O)OCc1csc(N(C)C(C)=O)n1. The molecule has 0 saturated carbocycles. The molecule has 0 aliphatic rings. The van der Waals surface area contributed by atoms with E-state index < -0.39 is 12.1 Å². The second kappa shape index (κ2) is 7.76. The Morgan fingerprint density at radius 3 is 2.90 bits per heavy atom. The normalized spacial score (nSPS) is 11.8. The smallest absolute Gasteiger partial charge is 0.335 e. The van der Waals surface area contributed by atoms with E-state index in [1.807, 2.05) is 0 Å². The summed E-state index contributed by atoms with van der Waals surface area (Å²) in [6, 6.07) is 0. The van der Waals surface area contributed by atoms with Crippen molar-refractivity contribution in [3.05, 3.63) is 23.7 Å². The number of hydrogen-bond donors (Lipinski definition) is 0. The number of aromatic nitrogens is 1.